The number of piperidine rings is 1. The van der Waals surface area contributed by atoms with Gasteiger partial charge in [-0.1, -0.05) is 34.6 Å². The summed E-state index contributed by atoms with van der Waals surface area (Å²) in [6.45, 7) is 15.4. The minimum atomic E-state index is -0.499. The zero-order valence-corrected chi connectivity index (χ0v) is 22.3. The number of carbonyl (C=O) groups is 2. The lowest BCUT2D eigenvalue weighted by Crippen LogP contribution is -2.45. The van der Waals surface area contributed by atoms with Gasteiger partial charge in [0.2, 0.25) is 5.91 Å². The third-order valence-electron chi connectivity index (χ3n) is 5.89. The quantitative estimate of drug-likeness (QED) is 0.468. The number of ether oxygens (including phenoxy) is 1. The first-order chi connectivity index (χ1) is 16.3. The number of amides is 1. The normalized spacial score (nSPS) is 14.5. The lowest BCUT2D eigenvalue weighted by molar-refractivity contribution is -0.127. The molecule has 4 heterocycles. The summed E-state index contributed by atoms with van der Waals surface area (Å²) in [6, 6.07) is 5.99. The van der Waals surface area contributed by atoms with Crippen LogP contribution in [0.4, 0.5) is 5.69 Å². The molecular weight excluding hydrogens is 448 g/mol. The molecule has 1 amide bonds. The molecule has 1 saturated heterocycles. The van der Waals surface area contributed by atoms with Crippen molar-refractivity contribution >= 4 is 34.5 Å². The number of esters is 1. The van der Waals surface area contributed by atoms with E-state index >= 15 is 0 Å². The second-order valence-electron chi connectivity index (χ2n) is 7.99. The molecular formula is C26H38N4O3S. The molecule has 34 heavy (non-hydrogen) atoms. The van der Waals surface area contributed by atoms with Crippen LogP contribution in [0.5, 0.6) is 0 Å². The first-order valence-corrected chi connectivity index (χ1v) is 12.9. The van der Waals surface area contributed by atoms with E-state index in [4.69, 9.17) is 10.5 Å². The molecule has 0 aliphatic carbocycles. The molecule has 0 radical (unpaired) electrons. The molecule has 8 heteroatoms. The minimum absolute atomic E-state index is 0.260. The monoisotopic (exact) mass is 486 g/mol. The standard InChI is InChI=1S/C22H26N4O3S.2C2H6/c1-4-29-20(27)15-11-16(25-9-7-22(3,8-10-25)21(23)28)19-24-12-17(26(19)13-15)18-6-5-14(2)30-18;2*1-2/h5-6,11-13H,4,7-10H2,1-3H3,(H2,23,28);2*1-2H3. The van der Waals surface area contributed by atoms with Crippen LogP contribution in [0.15, 0.2) is 30.6 Å². The van der Waals surface area contributed by atoms with Gasteiger partial charge in [0.1, 0.15) is 0 Å². The number of nitrogens with two attached hydrogens (primary N) is 1. The number of primary amides is 1. The van der Waals surface area contributed by atoms with Gasteiger partial charge in [-0.3, -0.25) is 9.20 Å². The Balaban J connectivity index is 0.000000970. The van der Waals surface area contributed by atoms with Gasteiger partial charge in [0.05, 0.1) is 34.6 Å². The van der Waals surface area contributed by atoms with Crippen molar-refractivity contribution in [1.82, 2.24) is 9.38 Å². The number of nitrogens with zero attached hydrogens (tertiary/aromatic N) is 3. The highest BCUT2D eigenvalue weighted by Crippen LogP contribution is 2.36. The Kier molecular flexibility index (Phi) is 9.67. The number of imidazole rings is 1. The van der Waals surface area contributed by atoms with Crippen molar-refractivity contribution in [3.05, 3.63) is 41.0 Å². The number of aryl methyl sites for hydroxylation is 1. The van der Waals surface area contributed by atoms with Crippen LogP contribution in [-0.2, 0) is 9.53 Å². The van der Waals surface area contributed by atoms with Gasteiger partial charge < -0.3 is 15.4 Å². The highest BCUT2D eigenvalue weighted by molar-refractivity contribution is 7.15. The Labute approximate surface area is 206 Å². The summed E-state index contributed by atoms with van der Waals surface area (Å²) in [5.41, 5.74) is 8.18. The third-order valence-corrected chi connectivity index (χ3v) is 6.92. The number of rotatable bonds is 5. The largest absolute Gasteiger partial charge is 0.462 e. The van der Waals surface area contributed by atoms with E-state index in [2.05, 4.69) is 28.9 Å². The number of aromatic nitrogens is 2. The third kappa shape index (κ3) is 5.60. The average Bonchev–Trinajstić information content (AvgIpc) is 3.47. The van der Waals surface area contributed by atoms with Crippen molar-refractivity contribution in [3.63, 3.8) is 0 Å². The Hall–Kier alpha value is -2.87. The van der Waals surface area contributed by atoms with Crippen molar-refractivity contribution in [2.24, 2.45) is 11.1 Å². The summed E-state index contributed by atoms with van der Waals surface area (Å²) in [6.07, 6.45) is 4.97. The molecule has 186 valence electrons. The SMILES string of the molecule is CC.CC.CCOC(=O)c1cc(N2CCC(C)(C(N)=O)CC2)c2ncc(-c3ccc(C)s3)n2c1. The van der Waals surface area contributed by atoms with Crippen molar-refractivity contribution in [1.29, 1.82) is 0 Å². The molecule has 3 aromatic rings. The number of hydrogen-bond acceptors (Lipinski definition) is 6. The summed E-state index contributed by atoms with van der Waals surface area (Å²) in [5.74, 6) is -0.620. The lowest BCUT2D eigenvalue weighted by Gasteiger charge is -2.38. The Bertz CT molecular complexity index is 1110. The van der Waals surface area contributed by atoms with E-state index in [-0.39, 0.29) is 11.9 Å². The van der Waals surface area contributed by atoms with Crippen LogP contribution in [0.2, 0.25) is 0 Å². The van der Waals surface area contributed by atoms with E-state index in [0.29, 0.717) is 38.1 Å². The van der Waals surface area contributed by atoms with Gasteiger partial charge in [0, 0.05) is 29.6 Å². The van der Waals surface area contributed by atoms with Gasteiger partial charge >= 0.3 is 5.97 Å². The van der Waals surface area contributed by atoms with Gasteiger partial charge in [-0.05, 0) is 44.9 Å². The fourth-order valence-corrected chi connectivity index (χ4v) is 4.74. The summed E-state index contributed by atoms with van der Waals surface area (Å²) >= 11 is 1.69. The summed E-state index contributed by atoms with van der Waals surface area (Å²) < 4.78 is 7.23. The summed E-state index contributed by atoms with van der Waals surface area (Å²) in [4.78, 5) is 33.6. The zero-order chi connectivity index (χ0) is 25.5. The Morgan fingerprint density at radius 1 is 1.18 bits per heavy atom. The van der Waals surface area contributed by atoms with Crippen LogP contribution in [0.1, 0.15) is 69.6 Å². The molecule has 7 nitrogen and oxygen atoms in total. The molecule has 0 spiro atoms. The second kappa shape index (κ2) is 12.0. The lowest BCUT2D eigenvalue weighted by atomic mass is 9.79. The van der Waals surface area contributed by atoms with Crippen LogP contribution in [-0.4, -0.2) is 41.0 Å². The fourth-order valence-electron chi connectivity index (χ4n) is 3.87. The van der Waals surface area contributed by atoms with Crippen LogP contribution in [0, 0.1) is 12.3 Å². The average molecular weight is 487 g/mol. The summed E-state index contributed by atoms with van der Waals surface area (Å²) in [5, 5.41) is 0. The minimum Gasteiger partial charge on any atom is -0.462 e. The number of carbonyl (C=O) groups excluding carboxylic acids is 2. The Morgan fingerprint density at radius 3 is 2.35 bits per heavy atom. The second-order valence-corrected chi connectivity index (χ2v) is 9.28. The molecule has 1 aliphatic heterocycles. The van der Waals surface area contributed by atoms with Crippen LogP contribution in [0.3, 0.4) is 0 Å². The molecule has 2 N–H and O–H groups in total. The van der Waals surface area contributed by atoms with E-state index in [1.165, 1.54) is 4.88 Å². The Morgan fingerprint density at radius 2 is 1.82 bits per heavy atom. The molecule has 0 atom stereocenters. The number of hydrogen-bond donors (Lipinski definition) is 1. The van der Waals surface area contributed by atoms with E-state index in [9.17, 15) is 9.59 Å². The van der Waals surface area contributed by atoms with E-state index in [1.807, 2.05) is 51.3 Å². The van der Waals surface area contributed by atoms with E-state index < -0.39 is 5.41 Å². The number of pyridine rings is 1. The molecule has 0 aromatic carbocycles. The topological polar surface area (TPSA) is 89.9 Å². The molecule has 1 aliphatic rings. The zero-order valence-electron chi connectivity index (χ0n) is 21.5. The summed E-state index contributed by atoms with van der Waals surface area (Å²) in [7, 11) is 0. The first kappa shape index (κ1) is 27.4. The molecule has 0 saturated carbocycles. The smallest absolute Gasteiger partial charge is 0.339 e. The first-order valence-electron chi connectivity index (χ1n) is 12.1. The predicted molar refractivity (Wildman–Crippen MR) is 141 cm³/mol. The van der Waals surface area contributed by atoms with Crippen LogP contribution < -0.4 is 10.6 Å². The fraction of sp³-hybridized carbons (Fsp3) is 0.500. The van der Waals surface area contributed by atoms with Crippen LogP contribution >= 0.6 is 11.3 Å². The van der Waals surface area contributed by atoms with E-state index in [1.54, 1.807) is 24.5 Å². The number of anilines is 1. The van der Waals surface area contributed by atoms with Gasteiger partial charge in [-0.2, -0.15) is 0 Å². The predicted octanol–water partition coefficient (Wildman–Crippen LogP) is 5.69. The molecule has 4 rings (SSSR count). The molecule has 3 aromatic heterocycles. The van der Waals surface area contributed by atoms with Crippen molar-refractivity contribution in [2.45, 2.75) is 61.3 Å². The number of thiophene rings is 1. The van der Waals surface area contributed by atoms with E-state index in [0.717, 1.165) is 21.9 Å². The molecule has 0 unspecified atom stereocenters. The van der Waals surface area contributed by atoms with Crippen molar-refractivity contribution in [3.8, 4) is 10.6 Å². The van der Waals surface area contributed by atoms with Gasteiger partial charge in [0.25, 0.3) is 0 Å². The van der Waals surface area contributed by atoms with Crippen molar-refractivity contribution in [2.75, 3.05) is 24.6 Å². The molecule has 1 fully saturated rings. The van der Waals surface area contributed by atoms with Gasteiger partial charge in [-0.25, -0.2) is 9.78 Å². The van der Waals surface area contributed by atoms with Crippen LogP contribution in [0.25, 0.3) is 16.2 Å². The van der Waals surface area contributed by atoms with Gasteiger partial charge in [0.15, 0.2) is 5.65 Å². The highest BCUT2D eigenvalue weighted by atomic mass is 32.1. The highest BCUT2D eigenvalue weighted by Gasteiger charge is 2.36. The number of fused-ring (bicyclic) bond motifs is 1. The maximum absolute atomic E-state index is 12.6. The maximum Gasteiger partial charge on any atom is 0.339 e. The van der Waals surface area contributed by atoms with Crippen molar-refractivity contribution < 1.29 is 14.3 Å². The molecule has 0 bridgehead atoms. The van der Waals surface area contributed by atoms with Gasteiger partial charge in [-0.15, -0.1) is 11.3 Å². The maximum atomic E-state index is 12.6.